The molecule has 0 atom stereocenters. The van der Waals surface area contributed by atoms with Crippen molar-refractivity contribution in [1.82, 2.24) is 10.3 Å². The second-order valence-electron chi connectivity index (χ2n) is 4.80. The van der Waals surface area contributed by atoms with Gasteiger partial charge in [0, 0.05) is 24.7 Å². The molecule has 1 aromatic heterocycles. The molecule has 0 unspecified atom stereocenters. The van der Waals surface area contributed by atoms with Crippen LogP contribution < -0.4 is 10.1 Å². The molecule has 5 heteroatoms. The van der Waals surface area contributed by atoms with Crippen LogP contribution >= 0.6 is 15.9 Å². The van der Waals surface area contributed by atoms with E-state index in [0.717, 1.165) is 12.2 Å². The minimum atomic E-state index is -0.353. The van der Waals surface area contributed by atoms with Gasteiger partial charge in [-0.05, 0) is 47.0 Å². The Morgan fingerprint density at radius 1 is 1.30 bits per heavy atom. The van der Waals surface area contributed by atoms with E-state index in [1.807, 2.05) is 12.1 Å². The van der Waals surface area contributed by atoms with Gasteiger partial charge in [-0.15, -0.1) is 0 Å². The van der Waals surface area contributed by atoms with Crippen molar-refractivity contribution in [2.45, 2.75) is 25.4 Å². The molecular weight excluding hydrogens is 323 g/mol. The number of halogens is 2. The average molecular weight is 337 g/mol. The van der Waals surface area contributed by atoms with Gasteiger partial charge in [-0.1, -0.05) is 6.07 Å². The van der Waals surface area contributed by atoms with Crippen LogP contribution in [0.4, 0.5) is 4.39 Å². The Hall–Kier alpha value is -1.46. The number of ether oxygens (including phenoxy) is 1. The van der Waals surface area contributed by atoms with Crippen LogP contribution in [-0.4, -0.2) is 11.0 Å². The van der Waals surface area contributed by atoms with E-state index in [2.05, 4.69) is 26.2 Å². The van der Waals surface area contributed by atoms with E-state index >= 15 is 0 Å². The molecule has 0 aliphatic heterocycles. The summed E-state index contributed by atoms with van der Waals surface area (Å²) in [6.07, 6.45) is 2.49. The molecule has 3 rings (SSSR count). The Kier molecular flexibility index (Phi) is 3.98. The first-order valence-corrected chi connectivity index (χ1v) is 7.32. The Morgan fingerprint density at radius 2 is 2.15 bits per heavy atom. The number of benzene rings is 1. The number of nitrogens with zero attached hydrogens (tertiary/aromatic N) is 1. The summed E-state index contributed by atoms with van der Waals surface area (Å²) >= 11 is 3.11. The number of hydrogen-bond donors (Lipinski definition) is 1. The van der Waals surface area contributed by atoms with Crippen LogP contribution in [0.3, 0.4) is 0 Å². The summed E-state index contributed by atoms with van der Waals surface area (Å²) < 4.78 is 19.4. The smallest absolute Gasteiger partial charge is 0.219 e. The second kappa shape index (κ2) is 5.89. The first-order valence-electron chi connectivity index (χ1n) is 6.53. The van der Waals surface area contributed by atoms with Gasteiger partial charge in [0.05, 0.1) is 10.2 Å². The molecule has 0 amide bonds. The second-order valence-corrected chi connectivity index (χ2v) is 5.65. The Bertz CT molecular complexity index is 617. The maximum absolute atomic E-state index is 13.4. The molecule has 1 aliphatic rings. The van der Waals surface area contributed by atoms with Crippen molar-refractivity contribution in [3.05, 3.63) is 52.4 Å². The quantitative estimate of drug-likeness (QED) is 0.895. The van der Waals surface area contributed by atoms with Crippen LogP contribution in [0, 0.1) is 5.82 Å². The molecule has 2 aromatic rings. The fourth-order valence-electron chi connectivity index (χ4n) is 1.81. The molecule has 3 nitrogen and oxygen atoms in total. The molecule has 1 heterocycles. The summed E-state index contributed by atoms with van der Waals surface area (Å²) in [4.78, 5) is 4.40. The van der Waals surface area contributed by atoms with Crippen LogP contribution in [0.25, 0.3) is 0 Å². The summed E-state index contributed by atoms with van der Waals surface area (Å²) in [6.45, 7) is 0.733. The van der Waals surface area contributed by atoms with E-state index in [-0.39, 0.29) is 5.82 Å². The van der Waals surface area contributed by atoms with E-state index in [0.29, 0.717) is 22.1 Å². The summed E-state index contributed by atoms with van der Waals surface area (Å²) in [5, 5.41) is 3.40. The van der Waals surface area contributed by atoms with Crippen LogP contribution in [0.1, 0.15) is 18.5 Å². The van der Waals surface area contributed by atoms with Crippen molar-refractivity contribution in [2.75, 3.05) is 0 Å². The van der Waals surface area contributed by atoms with Crippen LogP contribution in [0.5, 0.6) is 11.6 Å². The highest BCUT2D eigenvalue weighted by atomic mass is 79.9. The third-order valence-corrected chi connectivity index (χ3v) is 3.69. The van der Waals surface area contributed by atoms with Crippen molar-refractivity contribution in [2.24, 2.45) is 0 Å². The van der Waals surface area contributed by atoms with Gasteiger partial charge >= 0.3 is 0 Å². The molecular formula is C15H14BrFN2O. The summed E-state index contributed by atoms with van der Waals surface area (Å²) in [5.41, 5.74) is 0.923. The molecule has 0 spiro atoms. The minimum absolute atomic E-state index is 0.353. The van der Waals surface area contributed by atoms with Crippen LogP contribution in [0.15, 0.2) is 40.9 Å². The largest absolute Gasteiger partial charge is 0.439 e. The zero-order valence-electron chi connectivity index (χ0n) is 10.8. The Morgan fingerprint density at radius 3 is 2.90 bits per heavy atom. The number of rotatable bonds is 5. The molecule has 1 aromatic carbocycles. The molecule has 1 saturated carbocycles. The normalized spacial score (nSPS) is 14.3. The molecule has 1 fully saturated rings. The van der Waals surface area contributed by atoms with E-state index < -0.39 is 0 Å². The standard InChI is InChI=1S/C15H14BrFN2O/c16-13-7-6-12(8-14(13)17)20-15-3-1-2-11(19-15)9-18-10-4-5-10/h1-3,6-8,10,18H,4-5,9H2. The van der Waals surface area contributed by atoms with Crippen molar-refractivity contribution < 1.29 is 9.13 Å². The van der Waals surface area contributed by atoms with E-state index in [9.17, 15) is 4.39 Å². The minimum Gasteiger partial charge on any atom is -0.439 e. The fourth-order valence-corrected chi connectivity index (χ4v) is 2.06. The number of aromatic nitrogens is 1. The van der Waals surface area contributed by atoms with Gasteiger partial charge in [0.1, 0.15) is 11.6 Å². The summed E-state index contributed by atoms with van der Waals surface area (Å²) in [6, 6.07) is 10.9. The molecule has 104 valence electrons. The van der Waals surface area contributed by atoms with Gasteiger partial charge in [0.25, 0.3) is 0 Å². The molecule has 0 saturated heterocycles. The third kappa shape index (κ3) is 3.55. The molecule has 20 heavy (non-hydrogen) atoms. The van der Waals surface area contributed by atoms with Gasteiger partial charge in [-0.25, -0.2) is 9.37 Å². The number of nitrogens with one attached hydrogen (secondary N) is 1. The molecule has 0 bridgehead atoms. The lowest BCUT2D eigenvalue weighted by Gasteiger charge is -2.07. The van der Waals surface area contributed by atoms with E-state index in [4.69, 9.17) is 4.74 Å². The van der Waals surface area contributed by atoms with Gasteiger partial charge in [0.15, 0.2) is 0 Å². The maximum Gasteiger partial charge on any atom is 0.219 e. The lowest BCUT2D eigenvalue weighted by Crippen LogP contribution is -2.16. The van der Waals surface area contributed by atoms with Gasteiger partial charge in [0.2, 0.25) is 5.88 Å². The maximum atomic E-state index is 13.4. The molecule has 1 N–H and O–H groups in total. The molecule has 1 aliphatic carbocycles. The number of pyridine rings is 1. The molecule has 0 radical (unpaired) electrons. The zero-order chi connectivity index (χ0) is 13.9. The lowest BCUT2D eigenvalue weighted by atomic mass is 10.3. The predicted octanol–water partition coefficient (Wildman–Crippen LogP) is 4.03. The van der Waals surface area contributed by atoms with Crippen LogP contribution in [-0.2, 0) is 6.54 Å². The first kappa shape index (κ1) is 13.5. The highest BCUT2D eigenvalue weighted by molar-refractivity contribution is 9.10. The Labute approximate surface area is 125 Å². The summed E-state index contributed by atoms with van der Waals surface area (Å²) in [5.74, 6) is 0.557. The SMILES string of the molecule is Fc1cc(Oc2cccc(CNC3CC3)n2)ccc1Br. The van der Waals surface area contributed by atoms with Gasteiger partial charge in [-0.3, -0.25) is 0 Å². The van der Waals surface area contributed by atoms with E-state index in [1.165, 1.54) is 18.9 Å². The highest BCUT2D eigenvalue weighted by Gasteiger charge is 2.20. The monoisotopic (exact) mass is 336 g/mol. The first-order chi connectivity index (χ1) is 9.70. The predicted molar refractivity (Wildman–Crippen MR) is 78.3 cm³/mol. The topological polar surface area (TPSA) is 34.1 Å². The van der Waals surface area contributed by atoms with Gasteiger partial charge in [-0.2, -0.15) is 0 Å². The van der Waals surface area contributed by atoms with Crippen molar-refractivity contribution in [1.29, 1.82) is 0 Å². The lowest BCUT2D eigenvalue weighted by molar-refractivity contribution is 0.454. The zero-order valence-corrected chi connectivity index (χ0v) is 12.4. The van der Waals surface area contributed by atoms with Crippen molar-refractivity contribution in [3.8, 4) is 11.6 Å². The fraction of sp³-hybridized carbons (Fsp3) is 0.267. The van der Waals surface area contributed by atoms with Gasteiger partial charge < -0.3 is 10.1 Å². The summed E-state index contributed by atoms with van der Waals surface area (Å²) in [7, 11) is 0. The van der Waals surface area contributed by atoms with Crippen molar-refractivity contribution in [3.63, 3.8) is 0 Å². The number of hydrogen-bond acceptors (Lipinski definition) is 3. The third-order valence-electron chi connectivity index (χ3n) is 3.04. The van der Waals surface area contributed by atoms with Crippen LogP contribution in [0.2, 0.25) is 0 Å². The van der Waals surface area contributed by atoms with Crippen molar-refractivity contribution >= 4 is 15.9 Å². The Balaban J connectivity index is 1.69. The highest BCUT2D eigenvalue weighted by Crippen LogP contribution is 2.25. The average Bonchev–Trinajstić information content (AvgIpc) is 3.25. The van der Waals surface area contributed by atoms with E-state index in [1.54, 1.807) is 18.2 Å².